The molecule has 1 aromatic carbocycles. The number of carbonyl (C=O) groups is 1. The van der Waals surface area contributed by atoms with Crippen molar-refractivity contribution in [3.63, 3.8) is 0 Å². The number of allylic oxidation sites excluding steroid dienone is 1. The van der Waals surface area contributed by atoms with Crippen LogP contribution in [-0.2, 0) is 11.3 Å². The van der Waals surface area contributed by atoms with Crippen molar-refractivity contribution in [2.75, 3.05) is 7.11 Å². The average molecular weight is 218 g/mol. The van der Waals surface area contributed by atoms with Gasteiger partial charge in [0.25, 0.3) is 0 Å². The molecule has 0 spiro atoms. The molecule has 16 heavy (non-hydrogen) atoms. The van der Waals surface area contributed by atoms with Crippen molar-refractivity contribution < 1.29 is 14.3 Å². The Kier molecular flexibility index (Phi) is 2.56. The molecule has 0 saturated heterocycles. The first-order valence-electron chi connectivity index (χ1n) is 4.95. The molecule has 0 aliphatic carbocycles. The van der Waals surface area contributed by atoms with Crippen LogP contribution in [0.5, 0.6) is 0 Å². The SMILES string of the molecule is COC(=O)c1ccc2c(c1)C(C)=C[N+](=O)C2. The first-order chi connectivity index (χ1) is 7.61. The first-order valence-corrected chi connectivity index (χ1v) is 4.95. The van der Waals surface area contributed by atoms with Crippen molar-refractivity contribution in [3.05, 3.63) is 46.0 Å². The van der Waals surface area contributed by atoms with Crippen LogP contribution in [0.2, 0.25) is 0 Å². The second-order valence-electron chi connectivity index (χ2n) is 3.75. The lowest BCUT2D eigenvalue weighted by atomic mass is 9.96. The van der Waals surface area contributed by atoms with E-state index < -0.39 is 0 Å². The third-order valence-electron chi connectivity index (χ3n) is 2.62. The fourth-order valence-corrected chi connectivity index (χ4v) is 1.83. The van der Waals surface area contributed by atoms with Gasteiger partial charge in [0.1, 0.15) is 0 Å². The number of rotatable bonds is 1. The molecule has 0 amide bonds. The molecular weight excluding hydrogens is 206 g/mol. The summed E-state index contributed by atoms with van der Waals surface area (Å²) in [5, 5.41) is 0. The lowest BCUT2D eigenvalue weighted by molar-refractivity contribution is -0.496. The Morgan fingerprint density at radius 2 is 2.19 bits per heavy atom. The number of nitrogens with zero attached hydrogens (tertiary/aromatic N) is 1. The van der Waals surface area contributed by atoms with Crippen LogP contribution in [0.25, 0.3) is 5.57 Å². The predicted octanol–water partition coefficient (Wildman–Crippen LogP) is 2.13. The molecule has 4 nitrogen and oxygen atoms in total. The van der Waals surface area contributed by atoms with Crippen molar-refractivity contribution in [2.24, 2.45) is 0 Å². The van der Waals surface area contributed by atoms with Gasteiger partial charge < -0.3 is 4.74 Å². The standard InChI is InChI=1S/C12H12NO3/c1-8-6-13(15)7-10-4-3-9(5-11(8)10)12(14)16-2/h3-6H,7H2,1-2H3/q+1. The summed E-state index contributed by atoms with van der Waals surface area (Å²) in [6.45, 7) is 2.18. The Morgan fingerprint density at radius 1 is 1.44 bits per heavy atom. The van der Waals surface area contributed by atoms with E-state index in [0.717, 1.165) is 21.5 Å². The fourth-order valence-electron chi connectivity index (χ4n) is 1.83. The number of methoxy groups -OCH3 is 1. The van der Waals surface area contributed by atoms with Gasteiger partial charge in [-0.15, -0.1) is 0 Å². The molecule has 4 heteroatoms. The van der Waals surface area contributed by atoms with Gasteiger partial charge in [0.05, 0.1) is 12.7 Å². The summed E-state index contributed by atoms with van der Waals surface area (Å²) < 4.78 is 5.54. The smallest absolute Gasteiger partial charge is 0.337 e. The van der Waals surface area contributed by atoms with Crippen molar-refractivity contribution in [1.29, 1.82) is 0 Å². The maximum Gasteiger partial charge on any atom is 0.337 e. The zero-order valence-corrected chi connectivity index (χ0v) is 9.19. The van der Waals surface area contributed by atoms with E-state index in [9.17, 15) is 9.70 Å². The van der Waals surface area contributed by atoms with Crippen LogP contribution in [0.4, 0.5) is 0 Å². The minimum atomic E-state index is -0.361. The first kappa shape index (κ1) is 10.5. The zero-order chi connectivity index (χ0) is 11.7. The maximum absolute atomic E-state index is 11.4. The second kappa shape index (κ2) is 3.89. The van der Waals surface area contributed by atoms with Crippen LogP contribution < -0.4 is 0 Å². The van der Waals surface area contributed by atoms with E-state index in [1.165, 1.54) is 13.3 Å². The third-order valence-corrected chi connectivity index (χ3v) is 2.62. The summed E-state index contributed by atoms with van der Waals surface area (Å²) in [5.41, 5.74) is 3.24. The fraction of sp³-hybridized carbons (Fsp3) is 0.250. The zero-order valence-electron chi connectivity index (χ0n) is 9.19. The Labute approximate surface area is 93.1 Å². The Hall–Kier alpha value is -1.97. The summed E-state index contributed by atoms with van der Waals surface area (Å²) in [4.78, 5) is 22.6. The van der Waals surface area contributed by atoms with E-state index in [4.69, 9.17) is 0 Å². The Bertz CT molecular complexity index is 503. The highest BCUT2D eigenvalue weighted by atomic mass is 16.5. The molecule has 0 radical (unpaired) electrons. The molecule has 1 aliphatic heterocycles. The minimum Gasteiger partial charge on any atom is -0.465 e. The van der Waals surface area contributed by atoms with Crippen LogP contribution in [0.1, 0.15) is 28.4 Å². The summed E-state index contributed by atoms with van der Waals surface area (Å²) in [5.74, 6) is -0.361. The van der Waals surface area contributed by atoms with E-state index in [0.29, 0.717) is 12.1 Å². The summed E-state index contributed by atoms with van der Waals surface area (Å²) in [6.07, 6.45) is 1.53. The van der Waals surface area contributed by atoms with Gasteiger partial charge in [-0.05, 0) is 24.6 Å². The number of benzene rings is 1. The molecule has 0 unspecified atom stereocenters. The molecule has 2 rings (SSSR count). The van der Waals surface area contributed by atoms with Gasteiger partial charge in [-0.1, -0.05) is 6.07 Å². The van der Waals surface area contributed by atoms with Crippen molar-refractivity contribution >= 4 is 11.5 Å². The number of ether oxygens (including phenoxy) is 1. The van der Waals surface area contributed by atoms with Crippen LogP contribution in [0, 0.1) is 4.91 Å². The van der Waals surface area contributed by atoms with Crippen molar-refractivity contribution in [3.8, 4) is 0 Å². The summed E-state index contributed by atoms with van der Waals surface area (Å²) in [6, 6.07) is 5.24. The predicted molar refractivity (Wildman–Crippen MR) is 58.8 cm³/mol. The molecule has 1 aromatic rings. The van der Waals surface area contributed by atoms with E-state index in [-0.39, 0.29) is 5.97 Å². The van der Waals surface area contributed by atoms with E-state index >= 15 is 0 Å². The van der Waals surface area contributed by atoms with Gasteiger partial charge in [0, 0.05) is 20.8 Å². The highest BCUT2D eigenvalue weighted by Crippen LogP contribution is 2.25. The lowest BCUT2D eigenvalue weighted by Gasteiger charge is -2.10. The maximum atomic E-state index is 11.4. The molecule has 0 fully saturated rings. The lowest BCUT2D eigenvalue weighted by Crippen LogP contribution is -2.11. The van der Waals surface area contributed by atoms with Crippen molar-refractivity contribution in [1.82, 2.24) is 0 Å². The van der Waals surface area contributed by atoms with Gasteiger partial charge >= 0.3 is 5.97 Å². The molecule has 82 valence electrons. The molecule has 1 heterocycles. The topological polar surface area (TPSA) is 46.4 Å². The molecule has 1 aliphatic rings. The normalized spacial score (nSPS) is 14.1. The van der Waals surface area contributed by atoms with E-state index in [1.54, 1.807) is 18.2 Å². The number of carbonyl (C=O) groups excluding carboxylic acids is 1. The van der Waals surface area contributed by atoms with Gasteiger partial charge in [0.2, 0.25) is 12.7 Å². The third kappa shape index (κ3) is 1.74. The number of nitroso groups, excluding NO2 is 1. The van der Waals surface area contributed by atoms with Crippen LogP contribution in [0.15, 0.2) is 24.4 Å². The molecule has 0 saturated carbocycles. The molecular formula is C12H12NO3+. The monoisotopic (exact) mass is 218 g/mol. The molecule has 0 atom stereocenters. The van der Waals surface area contributed by atoms with Crippen molar-refractivity contribution in [2.45, 2.75) is 13.5 Å². The number of hydrogen-bond donors (Lipinski definition) is 0. The Balaban J connectivity index is 2.49. The number of esters is 1. The number of fused-ring (bicyclic) bond motifs is 1. The minimum absolute atomic E-state index is 0.328. The van der Waals surface area contributed by atoms with Gasteiger partial charge in [-0.3, -0.25) is 0 Å². The largest absolute Gasteiger partial charge is 0.465 e. The highest BCUT2D eigenvalue weighted by Gasteiger charge is 2.21. The van der Waals surface area contributed by atoms with E-state index in [1.807, 2.05) is 6.92 Å². The second-order valence-corrected chi connectivity index (χ2v) is 3.75. The quantitative estimate of drug-likeness (QED) is 0.535. The van der Waals surface area contributed by atoms with Crippen LogP contribution in [-0.4, -0.2) is 17.8 Å². The van der Waals surface area contributed by atoms with Crippen LogP contribution >= 0.6 is 0 Å². The number of hydrogen-bond acceptors (Lipinski definition) is 3. The summed E-state index contributed by atoms with van der Waals surface area (Å²) >= 11 is 0. The van der Waals surface area contributed by atoms with Gasteiger partial charge in [-0.25, -0.2) is 4.79 Å². The van der Waals surface area contributed by atoms with Crippen LogP contribution in [0.3, 0.4) is 0 Å². The van der Waals surface area contributed by atoms with E-state index in [2.05, 4.69) is 4.74 Å². The average Bonchev–Trinajstić information content (AvgIpc) is 2.27. The van der Waals surface area contributed by atoms with Gasteiger partial charge in [0.15, 0.2) is 0 Å². The molecule has 0 aromatic heterocycles. The Morgan fingerprint density at radius 3 is 2.88 bits per heavy atom. The highest BCUT2D eigenvalue weighted by molar-refractivity contribution is 5.90. The molecule has 0 N–H and O–H groups in total. The molecule has 0 bridgehead atoms. The van der Waals surface area contributed by atoms with Gasteiger partial charge in [-0.2, -0.15) is 0 Å². The summed E-state index contributed by atoms with van der Waals surface area (Å²) in [7, 11) is 1.35.